The summed E-state index contributed by atoms with van der Waals surface area (Å²) < 4.78 is 5.55. The zero-order chi connectivity index (χ0) is 24.7. The van der Waals surface area contributed by atoms with Crippen LogP contribution >= 0.6 is 0 Å². The zero-order valence-corrected chi connectivity index (χ0v) is 20.0. The number of alkyl carbamates (subject to hydrolysis) is 1. The van der Waals surface area contributed by atoms with Crippen LogP contribution in [0.3, 0.4) is 0 Å². The van der Waals surface area contributed by atoms with Crippen molar-refractivity contribution in [3.8, 4) is 11.1 Å². The van der Waals surface area contributed by atoms with Crippen molar-refractivity contribution in [2.75, 3.05) is 13.2 Å². The quantitative estimate of drug-likeness (QED) is 0.450. The zero-order valence-electron chi connectivity index (χ0n) is 20.0. The third-order valence-electron chi connectivity index (χ3n) is 6.73. The minimum Gasteiger partial charge on any atom is -0.480 e. The van der Waals surface area contributed by atoms with E-state index >= 15 is 0 Å². The van der Waals surface area contributed by atoms with Crippen LogP contribution in [0, 0.1) is 11.8 Å². The Labute approximate surface area is 200 Å². The summed E-state index contributed by atoms with van der Waals surface area (Å²) >= 11 is 0. The number of hydrogen-bond donors (Lipinski definition) is 3. The van der Waals surface area contributed by atoms with Crippen LogP contribution in [0.2, 0.25) is 0 Å². The molecule has 3 rings (SSSR count). The highest BCUT2D eigenvalue weighted by atomic mass is 16.5. The molecule has 0 bridgehead atoms. The maximum atomic E-state index is 12.4. The van der Waals surface area contributed by atoms with Gasteiger partial charge in [-0.1, -0.05) is 82.1 Å². The number of aliphatic carboxylic acids is 1. The first kappa shape index (κ1) is 25.3. The number of carboxylic acid groups (broad SMARTS) is 1. The van der Waals surface area contributed by atoms with Gasteiger partial charge in [0, 0.05) is 18.9 Å². The molecule has 7 heteroatoms. The number of rotatable bonds is 11. The van der Waals surface area contributed by atoms with Gasteiger partial charge in [0.05, 0.1) is 0 Å². The van der Waals surface area contributed by atoms with E-state index in [9.17, 15) is 19.5 Å². The summed E-state index contributed by atoms with van der Waals surface area (Å²) in [5, 5.41) is 14.8. The van der Waals surface area contributed by atoms with Crippen LogP contribution in [0.1, 0.15) is 57.1 Å². The standard InChI is InChI=1S/C27H34N2O5/c1-4-17(3)25(26(31)32)29-24(30)14-18(5-2)15-28-27(33)34-16-23-21-12-8-6-10-19(21)20-11-7-9-13-22(20)23/h6-13,17-18,23,25H,4-5,14-16H2,1-3H3,(H,28,33)(H,29,30)(H,31,32)/t17?,18?,25-/m0/s1. The fraction of sp³-hybridized carbons (Fsp3) is 0.444. The summed E-state index contributed by atoms with van der Waals surface area (Å²) in [6, 6.07) is 15.4. The average molecular weight is 467 g/mol. The van der Waals surface area contributed by atoms with Gasteiger partial charge in [-0.15, -0.1) is 0 Å². The lowest BCUT2D eigenvalue weighted by atomic mass is 9.97. The first-order chi connectivity index (χ1) is 16.3. The summed E-state index contributed by atoms with van der Waals surface area (Å²) in [6.07, 6.45) is 0.930. The molecular weight excluding hydrogens is 432 g/mol. The van der Waals surface area contributed by atoms with Gasteiger partial charge in [-0.2, -0.15) is 0 Å². The highest BCUT2D eigenvalue weighted by Crippen LogP contribution is 2.44. The highest BCUT2D eigenvalue weighted by molar-refractivity contribution is 5.84. The predicted molar refractivity (Wildman–Crippen MR) is 130 cm³/mol. The van der Waals surface area contributed by atoms with Crippen molar-refractivity contribution in [3.63, 3.8) is 0 Å². The molecule has 0 saturated heterocycles. The van der Waals surface area contributed by atoms with Crippen molar-refractivity contribution in [2.24, 2.45) is 11.8 Å². The van der Waals surface area contributed by atoms with E-state index in [0.29, 0.717) is 12.8 Å². The summed E-state index contributed by atoms with van der Waals surface area (Å²) in [7, 11) is 0. The molecule has 2 amide bonds. The normalized spacial score (nSPS) is 14.9. The number of amides is 2. The summed E-state index contributed by atoms with van der Waals surface area (Å²) in [5.74, 6) is -1.66. The number of carbonyl (C=O) groups excluding carboxylic acids is 2. The highest BCUT2D eigenvalue weighted by Gasteiger charge is 2.29. The molecule has 0 spiro atoms. The fourth-order valence-corrected chi connectivity index (χ4v) is 4.42. The van der Waals surface area contributed by atoms with Crippen LogP contribution in [-0.4, -0.2) is 42.3 Å². The van der Waals surface area contributed by atoms with Crippen molar-refractivity contribution in [3.05, 3.63) is 59.7 Å². The number of carbonyl (C=O) groups is 3. The number of hydrogen-bond acceptors (Lipinski definition) is 4. The number of fused-ring (bicyclic) bond motifs is 3. The van der Waals surface area contributed by atoms with Crippen LogP contribution in [0.4, 0.5) is 4.79 Å². The summed E-state index contributed by atoms with van der Waals surface area (Å²) in [4.78, 5) is 36.3. The van der Waals surface area contributed by atoms with Gasteiger partial charge >= 0.3 is 12.1 Å². The first-order valence-corrected chi connectivity index (χ1v) is 12.0. The second-order valence-electron chi connectivity index (χ2n) is 8.95. The summed E-state index contributed by atoms with van der Waals surface area (Å²) in [5.41, 5.74) is 4.63. The lowest BCUT2D eigenvalue weighted by Crippen LogP contribution is -2.46. The molecule has 2 unspecified atom stereocenters. The van der Waals surface area contributed by atoms with Gasteiger partial charge in [0.15, 0.2) is 0 Å². The Morgan fingerprint density at radius 1 is 0.971 bits per heavy atom. The van der Waals surface area contributed by atoms with E-state index in [0.717, 1.165) is 11.1 Å². The third kappa shape index (κ3) is 5.95. The topological polar surface area (TPSA) is 105 Å². The van der Waals surface area contributed by atoms with Crippen molar-refractivity contribution in [1.82, 2.24) is 10.6 Å². The molecule has 182 valence electrons. The minimum atomic E-state index is -1.03. The Balaban J connectivity index is 1.51. The van der Waals surface area contributed by atoms with Crippen LogP contribution in [0.5, 0.6) is 0 Å². The minimum absolute atomic E-state index is 0.0144. The Morgan fingerprint density at radius 2 is 1.56 bits per heavy atom. The van der Waals surface area contributed by atoms with E-state index in [2.05, 4.69) is 34.9 Å². The molecule has 3 N–H and O–H groups in total. The SMILES string of the molecule is CCC(CNC(=O)OCC1c2ccccc2-c2ccccc21)CC(=O)N[C@H](C(=O)O)C(C)CC. The van der Waals surface area contributed by atoms with Crippen molar-refractivity contribution < 1.29 is 24.2 Å². The van der Waals surface area contributed by atoms with Gasteiger partial charge in [0.2, 0.25) is 5.91 Å². The Bertz CT molecular complexity index is 976. The number of ether oxygens (including phenoxy) is 1. The second kappa shape index (κ2) is 11.7. The van der Waals surface area contributed by atoms with E-state index in [1.165, 1.54) is 11.1 Å². The molecule has 0 saturated carbocycles. The maximum Gasteiger partial charge on any atom is 0.407 e. The maximum absolute atomic E-state index is 12.4. The number of benzene rings is 2. The van der Waals surface area contributed by atoms with Crippen molar-refractivity contribution in [2.45, 2.75) is 52.0 Å². The number of carboxylic acids is 1. The largest absolute Gasteiger partial charge is 0.480 e. The van der Waals surface area contributed by atoms with Crippen molar-refractivity contribution >= 4 is 18.0 Å². The van der Waals surface area contributed by atoms with Gasteiger partial charge in [0.25, 0.3) is 0 Å². The lowest BCUT2D eigenvalue weighted by Gasteiger charge is -2.22. The van der Waals surface area contributed by atoms with Gasteiger partial charge in [-0.05, 0) is 34.1 Å². The second-order valence-corrected chi connectivity index (χ2v) is 8.95. The molecule has 7 nitrogen and oxygen atoms in total. The molecule has 0 aliphatic heterocycles. The molecule has 2 aromatic rings. The molecule has 2 aromatic carbocycles. The van der Waals surface area contributed by atoms with E-state index in [1.807, 2.05) is 38.1 Å². The monoisotopic (exact) mass is 466 g/mol. The molecule has 0 fully saturated rings. The van der Waals surface area contributed by atoms with Crippen LogP contribution in [-0.2, 0) is 14.3 Å². The first-order valence-electron chi connectivity index (χ1n) is 12.0. The van der Waals surface area contributed by atoms with E-state index < -0.39 is 18.1 Å². The Kier molecular flexibility index (Phi) is 8.68. The van der Waals surface area contributed by atoms with Gasteiger partial charge < -0.3 is 20.5 Å². The van der Waals surface area contributed by atoms with Crippen LogP contribution in [0.25, 0.3) is 11.1 Å². The molecule has 1 aliphatic rings. The number of nitrogens with one attached hydrogen (secondary N) is 2. The summed E-state index contributed by atoms with van der Waals surface area (Å²) in [6.45, 7) is 6.13. The van der Waals surface area contributed by atoms with Crippen LogP contribution in [0.15, 0.2) is 48.5 Å². The Hall–Kier alpha value is -3.35. The molecule has 34 heavy (non-hydrogen) atoms. The van der Waals surface area contributed by atoms with Gasteiger partial charge in [-0.3, -0.25) is 4.79 Å². The Morgan fingerprint density at radius 3 is 2.09 bits per heavy atom. The third-order valence-corrected chi connectivity index (χ3v) is 6.73. The predicted octanol–water partition coefficient (Wildman–Crippen LogP) is 4.56. The molecule has 3 atom stereocenters. The van der Waals surface area contributed by atoms with Crippen LogP contribution < -0.4 is 10.6 Å². The van der Waals surface area contributed by atoms with E-state index in [4.69, 9.17) is 4.74 Å². The van der Waals surface area contributed by atoms with Crippen molar-refractivity contribution in [1.29, 1.82) is 0 Å². The molecular formula is C27H34N2O5. The lowest BCUT2D eigenvalue weighted by molar-refractivity contribution is -0.143. The van der Waals surface area contributed by atoms with E-state index in [-0.39, 0.29) is 43.2 Å². The average Bonchev–Trinajstić information content (AvgIpc) is 3.16. The van der Waals surface area contributed by atoms with Gasteiger partial charge in [0.1, 0.15) is 12.6 Å². The molecule has 0 heterocycles. The van der Waals surface area contributed by atoms with Gasteiger partial charge in [-0.25, -0.2) is 9.59 Å². The fourth-order valence-electron chi connectivity index (χ4n) is 4.42. The molecule has 0 radical (unpaired) electrons. The molecule has 1 aliphatic carbocycles. The molecule has 0 aromatic heterocycles. The van der Waals surface area contributed by atoms with E-state index in [1.54, 1.807) is 6.92 Å². The smallest absolute Gasteiger partial charge is 0.407 e.